The third kappa shape index (κ3) is 3.20. The van der Waals surface area contributed by atoms with E-state index in [0.717, 1.165) is 12.8 Å². The number of aliphatic hydroxyl groups excluding tert-OH is 3. The molecule has 106 valence electrons. The second-order valence-corrected chi connectivity index (χ2v) is 4.77. The van der Waals surface area contributed by atoms with Crippen molar-refractivity contribution in [2.24, 2.45) is 0 Å². The van der Waals surface area contributed by atoms with Crippen LogP contribution in [0.3, 0.4) is 0 Å². The summed E-state index contributed by atoms with van der Waals surface area (Å²) < 4.78 is 0. The highest BCUT2D eigenvalue weighted by Gasteiger charge is 2.47. The van der Waals surface area contributed by atoms with Crippen LogP contribution < -0.4 is 5.32 Å². The average Bonchev–Trinajstić information content (AvgIpc) is 2.60. The minimum absolute atomic E-state index is 0.134. The Bertz CT molecular complexity index is 275. The number of likely N-dealkylation sites (tertiary alicyclic amines) is 1. The van der Waals surface area contributed by atoms with Crippen molar-refractivity contribution < 1.29 is 20.1 Å². The fourth-order valence-electron chi connectivity index (χ4n) is 2.51. The van der Waals surface area contributed by atoms with Gasteiger partial charge in [0.1, 0.15) is 0 Å². The first-order chi connectivity index (χ1) is 8.56. The molecule has 0 unspecified atom stereocenters. The van der Waals surface area contributed by atoms with Crippen molar-refractivity contribution in [3.63, 3.8) is 0 Å². The number of nitrogens with zero attached hydrogens (tertiary/aromatic N) is 1. The summed E-state index contributed by atoms with van der Waals surface area (Å²) in [5.74, 6) is -0.175. The van der Waals surface area contributed by atoms with Crippen LogP contribution in [0.1, 0.15) is 26.2 Å². The third-order valence-electron chi connectivity index (χ3n) is 3.62. The highest BCUT2D eigenvalue weighted by atomic mass is 16.3. The monoisotopic (exact) mass is 260 g/mol. The minimum Gasteiger partial charge on any atom is -0.395 e. The van der Waals surface area contributed by atoms with E-state index in [1.165, 1.54) is 0 Å². The summed E-state index contributed by atoms with van der Waals surface area (Å²) in [5.41, 5.74) is 0. The first-order valence-corrected chi connectivity index (χ1v) is 6.50. The summed E-state index contributed by atoms with van der Waals surface area (Å²) in [4.78, 5) is 13.3. The quantitative estimate of drug-likeness (QED) is 0.476. The van der Waals surface area contributed by atoms with Crippen LogP contribution in [0.5, 0.6) is 0 Å². The minimum atomic E-state index is -0.999. The van der Waals surface area contributed by atoms with Crippen molar-refractivity contribution in [3.8, 4) is 0 Å². The van der Waals surface area contributed by atoms with E-state index in [1.54, 1.807) is 7.05 Å². The Hall–Kier alpha value is -0.690. The van der Waals surface area contributed by atoms with E-state index in [0.29, 0.717) is 6.54 Å². The molecule has 4 N–H and O–H groups in total. The normalized spacial score (nSPS) is 32.7. The van der Waals surface area contributed by atoms with Gasteiger partial charge in [-0.3, -0.25) is 9.69 Å². The van der Waals surface area contributed by atoms with Crippen LogP contribution in [0.25, 0.3) is 0 Å². The molecule has 0 aliphatic carbocycles. The summed E-state index contributed by atoms with van der Waals surface area (Å²) in [7, 11) is 1.54. The molecule has 1 rings (SSSR count). The zero-order valence-corrected chi connectivity index (χ0v) is 11.0. The Labute approximate surface area is 108 Å². The average molecular weight is 260 g/mol. The lowest BCUT2D eigenvalue weighted by Gasteiger charge is -2.29. The Kier molecular flexibility index (Phi) is 6.01. The van der Waals surface area contributed by atoms with Crippen LogP contribution in [0.4, 0.5) is 0 Å². The highest BCUT2D eigenvalue weighted by molar-refractivity contribution is 5.76. The molecular formula is C12H24N2O4. The molecule has 18 heavy (non-hydrogen) atoms. The van der Waals surface area contributed by atoms with Gasteiger partial charge in [-0.25, -0.2) is 0 Å². The molecule has 4 atom stereocenters. The molecule has 1 aliphatic heterocycles. The number of nitrogens with one attached hydrogen (secondary N) is 1. The Morgan fingerprint density at radius 3 is 2.39 bits per heavy atom. The largest absolute Gasteiger partial charge is 0.395 e. The lowest BCUT2D eigenvalue weighted by Crippen LogP contribution is -2.43. The Morgan fingerprint density at radius 2 is 1.89 bits per heavy atom. The van der Waals surface area contributed by atoms with Crippen LogP contribution in [-0.4, -0.2) is 70.6 Å². The first-order valence-electron chi connectivity index (χ1n) is 6.50. The van der Waals surface area contributed by atoms with Crippen LogP contribution in [0.15, 0.2) is 0 Å². The number of hydrogen-bond acceptors (Lipinski definition) is 5. The molecule has 0 aromatic rings. The zero-order valence-electron chi connectivity index (χ0n) is 11.0. The Balaban J connectivity index is 2.78. The van der Waals surface area contributed by atoms with Gasteiger partial charge >= 0.3 is 0 Å². The number of unbranched alkanes of at least 4 members (excludes halogenated alkanes) is 1. The number of rotatable bonds is 6. The van der Waals surface area contributed by atoms with E-state index < -0.39 is 24.3 Å². The molecule has 0 aromatic carbocycles. The molecule has 1 heterocycles. The molecule has 0 radical (unpaired) electrons. The summed E-state index contributed by atoms with van der Waals surface area (Å²) in [5, 5.41) is 31.7. The third-order valence-corrected chi connectivity index (χ3v) is 3.62. The number of aliphatic hydroxyl groups is 3. The Morgan fingerprint density at radius 1 is 1.28 bits per heavy atom. The summed E-state index contributed by atoms with van der Waals surface area (Å²) in [6, 6.07) is -0.912. The van der Waals surface area contributed by atoms with Gasteiger partial charge in [0.05, 0.1) is 24.9 Å². The predicted octanol–water partition coefficient (Wildman–Crippen LogP) is -1.31. The molecule has 0 aromatic heterocycles. The van der Waals surface area contributed by atoms with Crippen LogP contribution in [-0.2, 0) is 4.79 Å². The molecule has 6 heteroatoms. The van der Waals surface area contributed by atoms with Gasteiger partial charge in [-0.15, -0.1) is 0 Å². The molecule has 6 nitrogen and oxygen atoms in total. The second kappa shape index (κ2) is 7.04. The van der Waals surface area contributed by atoms with E-state index in [-0.39, 0.29) is 18.9 Å². The fraction of sp³-hybridized carbons (Fsp3) is 0.917. The molecule has 0 spiro atoms. The standard InChI is InChI=1S/C12H24N2O4/c1-3-4-5-14-8(6-10(16)13-2)11(17)12(18)9(14)7-15/h8-9,11-12,15,17-18H,3-7H2,1-2H3,(H,13,16)/t8-,9-,11+,12-/m1/s1. The number of hydrogen-bond donors (Lipinski definition) is 4. The van der Waals surface area contributed by atoms with Gasteiger partial charge in [-0.2, -0.15) is 0 Å². The highest BCUT2D eigenvalue weighted by Crippen LogP contribution is 2.27. The van der Waals surface area contributed by atoms with Crippen molar-refractivity contribution in [1.82, 2.24) is 10.2 Å². The van der Waals surface area contributed by atoms with Crippen molar-refractivity contribution in [2.45, 2.75) is 50.5 Å². The summed E-state index contributed by atoms with van der Waals surface area (Å²) >= 11 is 0. The molecule has 0 bridgehead atoms. The molecule has 1 fully saturated rings. The number of carbonyl (C=O) groups excluding carboxylic acids is 1. The molecular weight excluding hydrogens is 236 g/mol. The van der Waals surface area contributed by atoms with Crippen molar-refractivity contribution in [3.05, 3.63) is 0 Å². The summed E-state index contributed by atoms with van der Waals surface area (Å²) in [6.07, 6.45) is 0.0284. The van der Waals surface area contributed by atoms with E-state index in [2.05, 4.69) is 5.32 Å². The van der Waals surface area contributed by atoms with E-state index >= 15 is 0 Å². The van der Waals surface area contributed by atoms with Gasteiger partial charge in [0, 0.05) is 19.5 Å². The van der Waals surface area contributed by atoms with E-state index in [4.69, 9.17) is 0 Å². The predicted molar refractivity (Wildman–Crippen MR) is 67.0 cm³/mol. The van der Waals surface area contributed by atoms with E-state index in [9.17, 15) is 20.1 Å². The van der Waals surface area contributed by atoms with Crippen molar-refractivity contribution in [1.29, 1.82) is 0 Å². The van der Waals surface area contributed by atoms with E-state index in [1.807, 2.05) is 11.8 Å². The van der Waals surface area contributed by atoms with Gasteiger partial charge in [0.2, 0.25) is 5.91 Å². The summed E-state index contributed by atoms with van der Waals surface area (Å²) in [6.45, 7) is 2.49. The van der Waals surface area contributed by atoms with Crippen molar-refractivity contribution in [2.75, 3.05) is 20.2 Å². The number of carbonyl (C=O) groups is 1. The smallest absolute Gasteiger partial charge is 0.221 e. The maximum absolute atomic E-state index is 11.4. The van der Waals surface area contributed by atoms with Crippen molar-refractivity contribution >= 4 is 5.91 Å². The van der Waals surface area contributed by atoms with Gasteiger partial charge in [0.25, 0.3) is 0 Å². The van der Waals surface area contributed by atoms with Gasteiger partial charge in [-0.05, 0) is 13.0 Å². The van der Waals surface area contributed by atoms with Gasteiger partial charge < -0.3 is 20.6 Å². The molecule has 1 aliphatic rings. The topological polar surface area (TPSA) is 93.0 Å². The lowest BCUT2D eigenvalue weighted by atomic mass is 10.1. The number of amides is 1. The van der Waals surface area contributed by atoms with Crippen LogP contribution in [0, 0.1) is 0 Å². The molecule has 1 saturated heterocycles. The van der Waals surface area contributed by atoms with Crippen LogP contribution in [0.2, 0.25) is 0 Å². The second-order valence-electron chi connectivity index (χ2n) is 4.77. The van der Waals surface area contributed by atoms with Gasteiger partial charge in [0.15, 0.2) is 0 Å². The SMILES string of the molecule is CCCCN1[C@H](CC(=O)NC)[C@H](O)[C@H](O)[C@H]1CO. The fourth-order valence-corrected chi connectivity index (χ4v) is 2.51. The van der Waals surface area contributed by atoms with Gasteiger partial charge in [-0.1, -0.05) is 13.3 Å². The molecule has 1 amide bonds. The lowest BCUT2D eigenvalue weighted by molar-refractivity contribution is -0.122. The maximum Gasteiger partial charge on any atom is 0.221 e. The maximum atomic E-state index is 11.4. The molecule has 0 saturated carbocycles. The van der Waals surface area contributed by atoms with Crippen LogP contribution >= 0.6 is 0 Å². The first kappa shape index (κ1) is 15.4. The zero-order chi connectivity index (χ0) is 13.7.